The summed E-state index contributed by atoms with van der Waals surface area (Å²) in [7, 11) is 0. The third-order valence-electron chi connectivity index (χ3n) is 3.33. The molecule has 114 valence electrons. The number of ketones is 1. The first kappa shape index (κ1) is 15.6. The van der Waals surface area contributed by atoms with Crippen LogP contribution in [0.5, 0.6) is 17.2 Å². The van der Waals surface area contributed by atoms with Crippen LogP contribution in [-0.2, 0) is 0 Å². The van der Waals surface area contributed by atoms with Gasteiger partial charge in [-0.25, -0.2) is 0 Å². The summed E-state index contributed by atoms with van der Waals surface area (Å²) < 4.78 is 6.26. The number of phenolic OH excluding ortho intramolecular Hbond substituents is 1. The smallest absolute Gasteiger partial charge is 0.196 e. The number of rotatable bonds is 4. The van der Waals surface area contributed by atoms with Crippen molar-refractivity contribution in [3.05, 3.63) is 87.5 Å². The molecule has 0 aromatic heterocycles. The Bertz CT molecular complexity index is 830. The minimum absolute atomic E-state index is 0.0621. The van der Waals surface area contributed by atoms with E-state index in [0.717, 1.165) is 0 Å². The van der Waals surface area contributed by atoms with Gasteiger partial charge in [0, 0.05) is 5.56 Å². The third kappa shape index (κ3) is 3.37. The maximum Gasteiger partial charge on any atom is 0.196 e. The van der Waals surface area contributed by atoms with Crippen LogP contribution in [-0.4, -0.2) is 10.9 Å². The summed E-state index contributed by atoms with van der Waals surface area (Å²) in [5.74, 6) is 0.908. The Hall–Kier alpha value is -2.34. The first-order valence-electron chi connectivity index (χ1n) is 7.01. The minimum atomic E-state index is -0.215. The van der Waals surface area contributed by atoms with E-state index < -0.39 is 0 Å². The fourth-order valence-corrected chi connectivity index (χ4v) is 2.75. The largest absolute Gasteiger partial charge is 0.506 e. The molecule has 0 aliphatic heterocycles. The number of phenols is 1. The summed E-state index contributed by atoms with van der Waals surface area (Å²) in [4.78, 5) is 12.5. The molecule has 0 atom stereocenters. The highest BCUT2D eigenvalue weighted by molar-refractivity contribution is 14.1. The van der Waals surface area contributed by atoms with Gasteiger partial charge in [-0.3, -0.25) is 4.79 Å². The number of para-hydroxylation sites is 1. The number of ether oxygens (including phenoxy) is 1. The molecule has 23 heavy (non-hydrogen) atoms. The topological polar surface area (TPSA) is 46.5 Å². The summed E-state index contributed by atoms with van der Waals surface area (Å²) in [5.41, 5.74) is 0.802. The molecule has 1 N–H and O–H groups in total. The van der Waals surface area contributed by atoms with E-state index in [1.54, 1.807) is 36.4 Å². The quantitative estimate of drug-likeness (QED) is 0.480. The maximum atomic E-state index is 12.5. The minimum Gasteiger partial charge on any atom is -0.506 e. The number of carbonyl (C=O) groups excluding carboxylic acids is 1. The second kappa shape index (κ2) is 6.83. The van der Waals surface area contributed by atoms with Gasteiger partial charge < -0.3 is 9.84 Å². The molecule has 3 nitrogen and oxygen atoms in total. The lowest BCUT2D eigenvalue weighted by atomic mass is 10.0. The van der Waals surface area contributed by atoms with Crippen LogP contribution in [0.25, 0.3) is 0 Å². The first-order chi connectivity index (χ1) is 11.2. The van der Waals surface area contributed by atoms with Crippen LogP contribution < -0.4 is 4.74 Å². The maximum absolute atomic E-state index is 12.5. The van der Waals surface area contributed by atoms with Crippen molar-refractivity contribution in [3.63, 3.8) is 0 Å². The Kier molecular flexibility index (Phi) is 4.62. The Morgan fingerprint density at radius 1 is 0.870 bits per heavy atom. The van der Waals surface area contributed by atoms with Gasteiger partial charge in [-0.05, 0) is 46.9 Å². The summed E-state index contributed by atoms with van der Waals surface area (Å²) in [6.45, 7) is 0. The number of halogens is 1. The van der Waals surface area contributed by atoms with Gasteiger partial charge in [0.25, 0.3) is 0 Å². The average Bonchev–Trinajstić information content (AvgIpc) is 2.60. The highest BCUT2D eigenvalue weighted by Gasteiger charge is 2.18. The zero-order valence-corrected chi connectivity index (χ0v) is 14.2. The molecule has 0 aliphatic rings. The lowest BCUT2D eigenvalue weighted by Gasteiger charge is -2.11. The van der Waals surface area contributed by atoms with Crippen molar-refractivity contribution in [3.8, 4) is 17.2 Å². The fourth-order valence-electron chi connectivity index (χ4n) is 2.17. The van der Waals surface area contributed by atoms with Crippen LogP contribution in [0.4, 0.5) is 0 Å². The van der Waals surface area contributed by atoms with E-state index in [4.69, 9.17) is 4.74 Å². The molecular weight excluding hydrogens is 403 g/mol. The van der Waals surface area contributed by atoms with Gasteiger partial charge in [0.15, 0.2) is 5.78 Å². The van der Waals surface area contributed by atoms with Gasteiger partial charge in [-0.1, -0.05) is 48.5 Å². The second-order valence-corrected chi connectivity index (χ2v) is 5.96. The van der Waals surface area contributed by atoms with Crippen LogP contribution in [0.1, 0.15) is 15.9 Å². The Labute approximate surface area is 147 Å². The molecule has 0 spiro atoms. The van der Waals surface area contributed by atoms with Crippen LogP contribution in [0.15, 0.2) is 72.8 Å². The van der Waals surface area contributed by atoms with Gasteiger partial charge in [-0.15, -0.1) is 0 Å². The van der Waals surface area contributed by atoms with Crippen LogP contribution in [0.2, 0.25) is 0 Å². The van der Waals surface area contributed by atoms with E-state index in [2.05, 4.69) is 0 Å². The molecule has 0 unspecified atom stereocenters. The Morgan fingerprint density at radius 3 is 2.13 bits per heavy atom. The number of carbonyl (C=O) groups is 1. The van der Waals surface area contributed by atoms with Gasteiger partial charge in [-0.2, -0.15) is 0 Å². The zero-order valence-electron chi connectivity index (χ0n) is 12.1. The SMILES string of the molecule is O=C(c1ccccc1)c1ccc(Oc2ccccc2)c(I)c1O. The van der Waals surface area contributed by atoms with Gasteiger partial charge in [0.05, 0.1) is 9.13 Å². The normalized spacial score (nSPS) is 10.3. The van der Waals surface area contributed by atoms with E-state index in [0.29, 0.717) is 20.6 Å². The standard InChI is InChI=1S/C19H13IO3/c20-17-16(23-14-9-5-2-6-10-14)12-11-15(19(17)22)18(21)13-7-3-1-4-8-13/h1-12,22H. The van der Waals surface area contributed by atoms with Crippen LogP contribution in [0, 0.1) is 3.57 Å². The molecule has 3 rings (SSSR count). The molecular formula is C19H13IO3. The van der Waals surface area contributed by atoms with E-state index in [-0.39, 0.29) is 17.1 Å². The first-order valence-corrected chi connectivity index (χ1v) is 8.09. The number of hydrogen-bond donors (Lipinski definition) is 1. The Morgan fingerprint density at radius 2 is 1.48 bits per heavy atom. The highest BCUT2D eigenvalue weighted by Crippen LogP contribution is 2.36. The van der Waals surface area contributed by atoms with Crippen molar-refractivity contribution in [2.45, 2.75) is 0 Å². The molecule has 0 heterocycles. The zero-order chi connectivity index (χ0) is 16.2. The van der Waals surface area contributed by atoms with Crippen molar-refractivity contribution in [2.75, 3.05) is 0 Å². The Balaban J connectivity index is 1.93. The van der Waals surface area contributed by atoms with Crippen LogP contribution in [0.3, 0.4) is 0 Å². The van der Waals surface area contributed by atoms with E-state index in [9.17, 15) is 9.90 Å². The third-order valence-corrected chi connectivity index (χ3v) is 4.37. The van der Waals surface area contributed by atoms with Crippen molar-refractivity contribution in [1.82, 2.24) is 0 Å². The number of aromatic hydroxyl groups is 1. The van der Waals surface area contributed by atoms with Crippen molar-refractivity contribution < 1.29 is 14.6 Å². The average molecular weight is 416 g/mol. The summed E-state index contributed by atoms with van der Waals surface area (Å²) in [5, 5.41) is 10.4. The molecule has 0 radical (unpaired) electrons. The fraction of sp³-hybridized carbons (Fsp3) is 0. The summed E-state index contributed by atoms with van der Waals surface area (Å²) in [6.07, 6.45) is 0. The monoisotopic (exact) mass is 416 g/mol. The predicted octanol–water partition coefficient (Wildman–Crippen LogP) is 5.02. The number of benzene rings is 3. The molecule has 0 saturated carbocycles. The highest BCUT2D eigenvalue weighted by atomic mass is 127. The van der Waals surface area contributed by atoms with Crippen LogP contribution >= 0.6 is 22.6 Å². The van der Waals surface area contributed by atoms with Gasteiger partial charge >= 0.3 is 0 Å². The van der Waals surface area contributed by atoms with E-state index in [1.165, 1.54) is 0 Å². The molecule has 4 heteroatoms. The summed E-state index contributed by atoms with van der Waals surface area (Å²) >= 11 is 1.98. The molecule has 3 aromatic carbocycles. The molecule has 0 aliphatic carbocycles. The second-order valence-electron chi connectivity index (χ2n) is 4.88. The molecule has 0 fully saturated rings. The summed E-state index contributed by atoms with van der Waals surface area (Å²) in [6, 6.07) is 21.5. The van der Waals surface area contributed by atoms with Gasteiger partial charge in [0.1, 0.15) is 17.2 Å². The van der Waals surface area contributed by atoms with E-state index in [1.807, 2.05) is 59.0 Å². The van der Waals surface area contributed by atoms with E-state index >= 15 is 0 Å². The van der Waals surface area contributed by atoms with Crippen molar-refractivity contribution in [1.29, 1.82) is 0 Å². The lowest BCUT2D eigenvalue weighted by Crippen LogP contribution is -2.03. The molecule has 0 amide bonds. The predicted molar refractivity (Wildman–Crippen MR) is 97.2 cm³/mol. The molecule has 0 saturated heterocycles. The van der Waals surface area contributed by atoms with Gasteiger partial charge in [0.2, 0.25) is 0 Å². The molecule has 0 bridgehead atoms. The lowest BCUT2D eigenvalue weighted by molar-refractivity contribution is 0.103. The molecule has 3 aromatic rings. The number of hydrogen-bond acceptors (Lipinski definition) is 3. The van der Waals surface area contributed by atoms with Crippen molar-refractivity contribution in [2.24, 2.45) is 0 Å². The van der Waals surface area contributed by atoms with Crippen molar-refractivity contribution >= 4 is 28.4 Å².